The van der Waals surface area contributed by atoms with E-state index in [0.29, 0.717) is 5.82 Å². The van der Waals surface area contributed by atoms with Gasteiger partial charge in [0.1, 0.15) is 11.6 Å². The summed E-state index contributed by atoms with van der Waals surface area (Å²) in [4.78, 5) is 22.8. The van der Waals surface area contributed by atoms with Crippen LogP contribution in [0.3, 0.4) is 0 Å². The molecule has 0 amide bonds. The van der Waals surface area contributed by atoms with E-state index in [0.717, 1.165) is 140 Å². The van der Waals surface area contributed by atoms with Crippen molar-refractivity contribution in [3.63, 3.8) is 0 Å². The van der Waals surface area contributed by atoms with Gasteiger partial charge >= 0.3 is 0 Å². The molecule has 6 nitrogen and oxygen atoms in total. The van der Waals surface area contributed by atoms with Gasteiger partial charge in [0, 0.05) is 66.8 Å². The molecule has 0 saturated heterocycles. The van der Waals surface area contributed by atoms with Crippen molar-refractivity contribution in [2.45, 2.75) is 0 Å². The number of rotatable bonds is 12. The van der Waals surface area contributed by atoms with Crippen LogP contribution >= 0.6 is 0 Å². The Kier molecular flexibility index (Phi) is 13.8. The Balaban J connectivity index is 0.904. The Labute approximate surface area is 555 Å². The van der Waals surface area contributed by atoms with Gasteiger partial charge in [0.05, 0.1) is 34.0 Å². The lowest BCUT2D eigenvalue weighted by Crippen LogP contribution is -2.02. The minimum Gasteiger partial charge on any atom is -0.292 e. The molecule has 0 bridgehead atoms. The zero-order chi connectivity index (χ0) is 63.5. The zero-order valence-electron chi connectivity index (χ0n) is 52.2. The maximum atomic E-state index is 5.86. The van der Waals surface area contributed by atoms with Gasteiger partial charge in [-0.2, -0.15) is 0 Å². The van der Waals surface area contributed by atoms with Gasteiger partial charge in [-0.15, -0.1) is 0 Å². The topological polar surface area (TPSA) is 61.4 Å². The van der Waals surface area contributed by atoms with Crippen molar-refractivity contribution in [3.05, 3.63) is 352 Å². The molecule has 0 aliphatic carbocycles. The molecule has 0 spiro atoms. The summed E-state index contributed by atoms with van der Waals surface area (Å²) in [6, 6.07) is 126. The van der Waals surface area contributed by atoms with Crippen molar-refractivity contribution in [2.24, 2.45) is 0 Å². The molecule has 3 heterocycles. The third-order valence-electron chi connectivity index (χ3n) is 18.7. The lowest BCUT2D eigenvalue weighted by atomic mass is 9.87. The summed E-state index contributed by atoms with van der Waals surface area (Å²) in [5.74, 6) is 2.29. The Morgan fingerprint density at radius 2 is 0.552 bits per heavy atom. The molecule has 18 rings (SSSR count). The van der Waals surface area contributed by atoms with E-state index < -0.39 is 0 Å². The van der Waals surface area contributed by atoms with Gasteiger partial charge in [-0.25, -0.2) is 19.9 Å². The molecule has 0 aliphatic rings. The molecule has 6 heteroatoms. The van der Waals surface area contributed by atoms with Crippen molar-refractivity contribution in [1.82, 2.24) is 29.1 Å². The van der Waals surface area contributed by atoms with E-state index in [9.17, 15) is 0 Å². The first-order valence-electron chi connectivity index (χ1n) is 32.6. The van der Waals surface area contributed by atoms with E-state index in [1.165, 1.54) is 32.3 Å². The molecule has 15 aromatic carbocycles. The van der Waals surface area contributed by atoms with Crippen LogP contribution < -0.4 is 0 Å². The van der Waals surface area contributed by atoms with Gasteiger partial charge in [0.2, 0.25) is 0 Å². The first kappa shape index (κ1) is 55.9. The number of nitrogens with zero attached hydrogens (tertiary/aromatic N) is 6. The molecule has 0 saturated carbocycles. The molecule has 448 valence electrons. The van der Waals surface area contributed by atoms with Crippen molar-refractivity contribution in [2.75, 3.05) is 0 Å². The Bertz CT molecular complexity index is 5950. The van der Waals surface area contributed by atoms with Gasteiger partial charge in [-0.05, 0) is 120 Å². The average Bonchev–Trinajstić information content (AvgIpc) is 1.28. The molecule has 18 aromatic rings. The molecule has 0 N–H and O–H groups in total. The van der Waals surface area contributed by atoms with Gasteiger partial charge in [-0.3, -0.25) is 9.13 Å². The van der Waals surface area contributed by atoms with Gasteiger partial charge < -0.3 is 0 Å². The number of hydrogen-bond acceptors (Lipinski definition) is 4. The molecule has 0 atom stereocenters. The predicted octanol–water partition coefficient (Wildman–Crippen LogP) is 23.3. The molecular formula is C90H58N6. The van der Waals surface area contributed by atoms with Crippen LogP contribution in [-0.2, 0) is 0 Å². The van der Waals surface area contributed by atoms with Crippen LogP contribution in [0, 0.1) is 0 Å². The average molecular weight is 1220 g/mol. The van der Waals surface area contributed by atoms with E-state index in [1.54, 1.807) is 0 Å². The largest absolute Gasteiger partial charge is 0.292 e. The van der Waals surface area contributed by atoms with Crippen molar-refractivity contribution >= 4 is 54.0 Å². The molecule has 0 unspecified atom stereocenters. The lowest BCUT2D eigenvalue weighted by molar-refractivity contribution is 1.07. The smallest absolute Gasteiger partial charge is 0.160 e. The highest BCUT2D eigenvalue weighted by Crippen LogP contribution is 2.47. The summed E-state index contributed by atoms with van der Waals surface area (Å²) in [6.07, 6.45) is 0. The van der Waals surface area contributed by atoms with E-state index in [1.807, 2.05) is 0 Å². The van der Waals surface area contributed by atoms with Crippen LogP contribution in [-0.4, -0.2) is 29.1 Å². The number of imidazole rings is 2. The van der Waals surface area contributed by atoms with Crippen LogP contribution in [0.1, 0.15) is 0 Å². The van der Waals surface area contributed by atoms with Crippen molar-refractivity contribution in [1.29, 1.82) is 0 Å². The van der Waals surface area contributed by atoms with Gasteiger partial charge in [0.25, 0.3) is 0 Å². The second-order valence-corrected chi connectivity index (χ2v) is 24.4. The molecule has 96 heavy (non-hydrogen) atoms. The highest BCUT2D eigenvalue weighted by molar-refractivity contribution is 6.19. The van der Waals surface area contributed by atoms with Gasteiger partial charge in [0.15, 0.2) is 5.82 Å². The SMILES string of the molecule is c1ccc(-c2nc(-c3ccccc3)n(-c3ccc(-c4nc(-c5ccc(-n6c(-c7ccccc7)nc(-c7ccccc7)c6-c6ccccc6)cc5)c5cc(-c6cc7ccccc7c7ccccc67)cc(-c6cc7ccccc7c7ccccc67)c5n4)cc3)c2-c2ccccc2)cc1. The molecule has 0 aliphatic heterocycles. The van der Waals surface area contributed by atoms with Crippen LogP contribution in [0.4, 0.5) is 0 Å². The Morgan fingerprint density at radius 3 is 1.01 bits per heavy atom. The molecule has 0 fully saturated rings. The van der Waals surface area contributed by atoms with Crippen LogP contribution in [0.15, 0.2) is 352 Å². The summed E-state index contributed by atoms with van der Waals surface area (Å²) < 4.78 is 4.63. The summed E-state index contributed by atoms with van der Waals surface area (Å²) in [5.41, 5.74) is 19.7. The van der Waals surface area contributed by atoms with Gasteiger partial charge in [-0.1, -0.05) is 291 Å². The molecule has 3 aromatic heterocycles. The number of hydrogen-bond donors (Lipinski definition) is 0. The second-order valence-electron chi connectivity index (χ2n) is 24.4. The summed E-state index contributed by atoms with van der Waals surface area (Å²) in [6.45, 7) is 0. The Morgan fingerprint density at radius 1 is 0.198 bits per heavy atom. The third-order valence-corrected chi connectivity index (χ3v) is 18.7. The third kappa shape index (κ3) is 9.74. The monoisotopic (exact) mass is 1220 g/mol. The van der Waals surface area contributed by atoms with E-state index >= 15 is 0 Å². The molecule has 0 radical (unpaired) electrons. The summed E-state index contributed by atoms with van der Waals surface area (Å²) in [7, 11) is 0. The lowest BCUT2D eigenvalue weighted by Gasteiger charge is -2.19. The maximum Gasteiger partial charge on any atom is 0.160 e. The normalized spacial score (nSPS) is 11.5. The van der Waals surface area contributed by atoms with E-state index in [2.05, 4.69) is 361 Å². The van der Waals surface area contributed by atoms with Crippen LogP contribution in [0.2, 0.25) is 0 Å². The second kappa shape index (κ2) is 23.7. The molecular weight excluding hydrogens is 1170 g/mol. The first-order chi connectivity index (χ1) is 47.6. The van der Waals surface area contributed by atoms with Crippen LogP contribution in [0.5, 0.6) is 0 Å². The summed E-state index contributed by atoms with van der Waals surface area (Å²) in [5, 5.41) is 10.4. The van der Waals surface area contributed by atoms with Crippen molar-refractivity contribution in [3.8, 4) is 124 Å². The fourth-order valence-corrected chi connectivity index (χ4v) is 14.3. The number of fused-ring (bicyclic) bond motifs is 7. The van der Waals surface area contributed by atoms with Crippen LogP contribution in [0.25, 0.3) is 178 Å². The highest BCUT2D eigenvalue weighted by Gasteiger charge is 2.27. The fraction of sp³-hybridized carbons (Fsp3) is 0. The minimum absolute atomic E-state index is 0.602. The summed E-state index contributed by atoms with van der Waals surface area (Å²) >= 11 is 0. The first-order valence-corrected chi connectivity index (χ1v) is 32.6. The Hall–Kier alpha value is -12.9. The van der Waals surface area contributed by atoms with E-state index in [4.69, 9.17) is 19.9 Å². The quantitative estimate of drug-likeness (QED) is 0.114. The standard InChI is InChI=1S/C90H58N6/c1-7-27-59(28-8-1)83-86(62-31-11-3-12-32-62)95(89(93-83)65-35-15-5-16-36-65)70-51-47-61(48-52-70)82-81-58-69(78-55-67-39-19-21-41-72(67)74-43-23-25-45-76(74)78)57-80(79-56-68-40-20-22-42-73(68)75-44-24-26-46-77(75)79)85(81)92-88(91-82)64-49-53-71(54-50-64)96-87(63-33-13-4-14-34-63)84(60-29-9-2-10-30-60)94-90(96)66-37-17-6-18-38-66/h1-58H. The maximum absolute atomic E-state index is 5.86. The minimum atomic E-state index is 0.602. The highest BCUT2D eigenvalue weighted by atomic mass is 15.1. The fourth-order valence-electron chi connectivity index (χ4n) is 14.3. The van der Waals surface area contributed by atoms with Crippen molar-refractivity contribution < 1.29 is 0 Å². The zero-order valence-corrected chi connectivity index (χ0v) is 52.2. The van der Waals surface area contributed by atoms with E-state index in [-0.39, 0.29) is 0 Å². The predicted molar refractivity (Wildman–Crippen MR) is 398 cm³/mol. The number of aromatic nitrogens is 6. The number of benzene rings is 15.